The lowest BCUT2D eigenvalue weighted by Crippen LogP contribution is -2.42. The molecule has 2 aromatic rings. The number of nitrogens with one attached hydrogen (secondary N) is 1. The Morgan fingerprint density at radius 3 is 2.87 bits per heavy atom. The fourth-order valence-electron chi connectivity index (χ4n) is 2.67. The van der Waals surface area contributed by atoms with Gasteiger partial charge < -0.3 is 10.6 Å². The van der Waals surface area contributed by atoms with Gasteiger partial charge in [0.25, 0.3) is 0 Å². The number of likely N-dealkylation sites (tertiary alicyclic amines) is 1. The standard InChI is InChI=1S/C16H22N6.HI/c1-12-5-7-22(8-6-12)16(17)18-10-13-3-2-4-14(9-13)15-19-11-20-21-15;/h2-4,9,11-12H,5-8,10H2,1H3,(H2,17,18)(H,19,20,21);1H. The Morgan fingerprint density at radius 1 is 1.39 bits per heavy atom. The number of hydrogen-bond acceptors (Lipinski definition) is 3. The van der Waals surface area contributed by atoms with E-state index in [0.29, 0.717) is 12.5 Å². The van der Waals surface area contributed by atoms with E-state index in [0.717, 1.165) is 36.0 Å². The van der Waals surface area contributed by atoms with Crippen molar-refractivity contribution in [2.24, 2.45) is 16.6 Å². The molecule has 0 amide bonds. The molecule has 1 aromatic carbocycles. The first-order valence-electron chi connectivity index (χ1n) is 7.72. The molecule has 1 fully saturated rings. The van der Waals surface area contributed by atoms with E-state index in [1.54, 1.807) is 0 Å². The van der Waals surface area contributed by atoms with Crippen molar-refractivity contribution < 1.29 is 0 Å². The molecule has 6 nitrogen and oxygen atoms in total. The third-order valence-corrected chi connectivity index (χ3v) is 4.15. The first-order valence-corrected chi connectivity index (χ1v) is 7.72. The van der Waals surface area contributed by atoms with Crippen LogP contribution in [-0.2, 0) is 6.54 Å². The molecule has 0 radical (unpaired) electrons. The summed E-state index contributed by atoms with van der Waals surface area (Å²) in [6.45, 7) is 4.89. The highest BCUT2D eigenvalue weighted by Crippen LogP contribution is 2.17. The molecule has 124 valence electrons. The number of aliphatic imine (C=N–C) groups is 1. The number of piperidine rings is 1. The van der Waals surface area contributed by atoms with Gasteiger partial charge in [0, 0.05) is 18.7 Å². The number of nitrogens with zero attached hydrogens (tertiary/aromatic N) is 4. The molecule has 1 saturated heterocycles. The second-order valence-corrected chi connectivity index (χ2v) is 5.88. The molecule has 0 saturated carbocycles. The molecule has 1 aromatic heterocycles. The van der Waals surface area contributed by atoms with Crippen LogP contribution in [-0.4, -0.2) is 39.1 Å². The molecule has 0 atom stereocenters. The second kappa shape index (κ2) is 8.28. The van der Waals surface area contributed by atoms with Crippen LogP contribution in [0.1, 0.15) is 25.3 Å². The maximum Gasteiger partial charge on any atom is 0.191 e. The van der Waals surface area contributed by atoms with Gasteiger partial charge in [0.1, 0.15) is 6.33 Å². The van der Waals surface area contributed by atoms with Crippen molar-refractivity contribution in [1.82, 2.24) is 20.1 Å². The zero-order valence-electron chi connectivity index (χ0n) is 13.3. The van der Waals surface area contributed by atoms with Gasteiger partial charge in [0.05, 0.1) is 6.54 Å². The molecule has 2 heterocycles. The van der Waals surface area contributed by atoms with Crippen molar-refractivity contribution >= 4 is 29.9 Å². The van der Waals surface area contributed by atoms with Gasteiger partial charge in [-0.2, -0.15) is 5.10 Å². The molecule has 1 aliphatic heterocycles. The Balaban J connectivity index is 0.00000192. The molecular weight excluding hydrogens is 403 g/mol. The molecule has 3 rings (SSSR count). The van der Waals surface area contributed by atoms with Crippen LogP contribution in [0.3, 0.4) is 0 Å². The molecule has 1 aliphatic rings. The monoisotopic (exact) mass is 426 g/mol. The van der Waals surface area contributed by atoms with Crippen LogP contribution in [0.15, 0.2) is 35.6 Å². The van der Waals surface area contributed by atoms with Gasteiger partial charge in [-0.15, -0.1) is 24.0 Å². The first-order chi connectivity index (χ1) is 10.7. The summed E-state index contributed by atoms with van der Waals surface area (Å²) in [7, 11) is 0. The predicted molar refractivity (Wildman–Crippen MR) is 103 cm³/mol. The van der Waals surface area contributed by atoms with Crippen molar-refractivity contribution in [1.29, 1.82) is 0 Å². The smallest absolute Gasteiger partial charge is 0.191 e. The zero-order chi connectivity index (χ0) is 15.4. The molecule has 23 heavy (non-hydrogen) atoms. The van der Waals surface area contributed by atoms with Crippen LogP contribution in [0.25, 0.3) is 11.4 Å². The van der Waals surface area contributed by atoms with Crippen molar-refractivity contribution in [2.75, 3.05) is 13.1 Å². The number of benzene rings is 1. The Bertz CT molecular complexity index is 632. The van der Waals surface area contributed by atoms with E-state index in [-0.39, 0.29) is 24.0 Å². The normalized spacial score (nSPS) is 16.2. The number of rotatable bonds is 3. The summed E-state index contributed by atoms with van der Waals surface area (Å²) in [5.74, 6) is 2.21. The highest BCUT2D eigenvalue weighted by atomic mass is 127. The van der Waals surface area contributed by atoms with Crippen LogP contribution in [0.2, 0.25) is 0 Å². The van der Waals surface area contributed by atoms with Gasteiger partial charge in [-0.05, 0) is 30.4 Å². The number of aromatic nitrogens is 3. The molecule has 7 heteroatoms. The first kappa shape index (κ1) is 17.7. The fraction of sp³-hybridized carbons (Fsp3) is 0.438. The van der Waals surface area contributed by atoms with Gasteiger partial charge in [-0.1, -0.05) is 25.1 Å². The molecule has 0 aliphatic carbocycles. The van der Waals surface area contributed by atoms with E-state index in [4.69, 9.17) is 5.73 Å². The van der Waals surface area contributed by atoms with Gasteiger partial charge in [-0.25, -0.2) is 9.98 Å². The van der Waals surface area contributed by atoms with Crippen LogP contribution in [0.4, 0.5) is 0 Å². The average Bonchev–Trinajstić information content (AvgIpc) is 3.08. The number of aromatic amines is 1. The number of halogens is 1. The summed E-state index contributed by atoms with van der Waals surface area (Å²) in [5.41, 5.74) is 8.24. The summed E-state index contributed by atoms with van der Waals surface area (Å²) < 4.78 is 0. The lowest BCUT2D eigenvalue weighted by molar-refractivity contribution is 0.277. The molecule has 0 unspecified atom stereocenters. The SMILES string of the molecule is CC1CCN(C(N)=NCc2cccc(-c3ncn[nH]3)c2)CC1.I. The van der Waals surface area contributed by atoms with E-state index in [2.05, 4.69) is 44.1 Å². The molecule has 0 spiro atoms. The second-order valence-electron chi connectivity index (χ2n) is 5.88. The quantitative estimate of drug-likeness (QED) is 0.449. The van der Waals surface area contributed by atoms with Gasteiger partial charge in [0.2, 0.25) is 0 Å². The summed E-state index contributed by atoms with van der Waals surface area (Å²) in [6.07, 6.45) is 3.89. The largest absolute Gasteiger partial charge is 0.370 e. The van der Waals surface area contributed by atoms with E-state index >= 15 is 0 Å². The third-order valence-electron chi connectivity index (χ3n) is 4.15. The Kier molecular flexibility index (Phi) is 6.37. The van der Waals surface area contributed by atoms with Gasteiger partial charge in [0.15, 0.2) is 11.8 Å². The number of H-pyrrole nitrogens is 1. The molecule has 0 bridgehead atoms. The van der Waals surface area contributed by atoms with E-state index in [9.17, 15) is 0 Å². The van der Waals surface area contributed by atoms with Crippen LogP contribution in [0, 0.1) is 5.92 Å². The summed E-state index contributed by atoms with van der Waals surface area (Å²) in [5, 5.41) is 6.75. The highest BCUT2D eigenvalue weighted by Gasteiger charge is 2.16. The van der Waals surface area contributed by atoms with Crippen LogP contribution >= 0.6 is 24.0 Å². The van der Waals surface area contributed by atoms with Crippen molar-refractivity contribution in [3.8, 4) is 11.4 Å². The van der Waals surface area contributed by atoms with E-state index in [1.165, 1.54) is 19.2 Å². The number of hydrogen-bond donors (Lipinski definition) is 2. The topological polar surface area (TPSA) is 83.2 Å². The zero-order valence-corrected chi connectivity index (χ0v) is 15.6. The van der Waals surface area contributed by atoms with Crippen LogP contribution < -0.4 is 5.73 Å². The van der Waals surface area contributed by atoms with E-state index in [1.807, 2.05) is 12.1 Å². The van der Waals surface area contributed by atoms with Crippen molar-refractivity contribution in [3.05, 3.63) is 36.2 Å². The minimum atomic E-state index is 0. The van der Waals surface area contributed by atoms with Crippen LogP contribution in [0.5, 0.6) is 0 Å². The highest BCUT2D eigenvalue weighted by molar-refractivity contribution is 14.0. The number of nitrogens with two attached hydrogens (primary N) is 1. The minimum absolute atomic E-state index is 0. The summed E-state index contributed by atoms with van der Waals surface area (Å²) in [4.78, 5) is 10.9. The van der Waals surface area contributed by atoms with Crippen molar-refractivity contribution in [3.63, 3.8) is 0 Å². The van der Waals surface area contributed by atoms with Gasteiger partial charge >= 0.3 is 0 Å². The predicted octanol–water partition coefficient (Wildman–Crippen LogP) is 2.64. The van der Waals surface area contributed by atoms with Gasteiger partial charge in [-0.3, -0.25) is 5.10 Å². The number of guanidine groups is 1. The molecular formula is C16H23IN6. The fourth-order valence-corrected chi connectivity index (χ4v) is 2.67. The lowest BCUT2D eigenvalue weighted by atomic mass is 10.00. The Morgan fingerprint density at radius 2 is 2.17 bits per heavy atom. The molecule has 3 N–H and O–H groups in total. The lowest BCUT2D eigenvalue weighted by Gasteiger charge is -2.31. The Labute approximate surface area is 153 Å². The van der Waals surface area contributed by atoms with E-state index < -0.39 is 0 Å². The third kappa shape index (κ3) is 4.66. The maximum absolute atomic E-state index is 6.12. The van der Waals surface area contributed by atoms with Crippen molar-refractivity contribution in [2.45, 2.75) is 26.3 Å². The summed E-state index contributed by atoms with van der Waals surface area (Å²) >= 11 is 0. The average molecular weight is 426 g/mol. The summed E-state index contributed by atoms with van der Waals surface area (Å²) in [6, 6.07) is 8.12. The minimum Gasteiger partial charge on any atom is -0.370 e. The Hall–Kier alpha value is -1.64. The maximum atomic E-state index is 6.12.